The molecule has 0 bridgehead atoms. The number of hydrogen-bond acceptors (Lipinski definition) is 4. The van der Waals surface area contributed by atoms with Crippen molar-refractivity contribution in [3.63, 3.8) is 0 Å². The van der Waals surface area contributed by atoms with E-state index < -0.39 is 0 Å². The number of anilines is 1. The van der Waals surface area contributed by atoms with E-state index in [1.165, 1.54) is 0 Å². The number of aromatic nitrogens is 3. The quantitative estimate of drug-likeness (QED) is 0.778. The van der Waals surface area contributed by atoms with Gasteiger partial charge in [-0.15, -0.1) is 0 Å². The standard InChI is InChI=1S/C17H16ClN5O/c1-22-10-11(8-12(22)9-19)14-15-13(23-4-6-24-7-5-23)2-3-20-17(15)21-16(14)18/h2-3,8,10H,4-7H2,1H3,(H,20,21). The first-order valence-electron chi connectivity index (χ1n) is 7.74. The minimum absolute atomic E-state index is 0.535. The molecule has 1 aliphatic heterocycles. The third-order valence-electron chi connectivity index (χ3n) is 4.39. The van der Waals surface area contributed by atoms with Crippen LogP contribution in [0.3, 0.4) is 0 Å². The Morgan fingerprint density at radius 3 is 2.88 bits per heavy atom. The van der Waals surface area contributed by atoms with Crippen LogP contribution in [0.1, 0.15) is 5.69 Å². The number of H-pyrrole nitrogens is 1. The lowest BCUT2D eigenvalue weighted by molar-refractivity contribution is 0.123. The Balaban J connectivity index is 1.94. The highest BCUT2D eigenvalue weighted by Crippen LogP contribution is 2.40. The lowest BCUT2D eigenvalue weighted by atomic mass is 10.1. The van der Waals surface area contributed by atoms with Gasteiger partial charge in [0.1, 0.15) is 22.6 Å². The largest absolute Gasteiger partial charge is 0.378 e. The second kappa shape index (κ2) is 5.86. The summed E-state index contributed by atoms with van der Waals surface area (Å²) in [6.07, 6.45) is 3.71. The summed E-state index contributed by atoms with van der Waals surface area (Å²) in [7, 11) is 1.85. The molecular weight excluding hydrogens is 326 g/mol. The summed E-state index contributed by atoms with van der Waals surface area (Å²) in [5.41, 5.74) is 4.23. The van der Waals surface area contributed by atoms with Crippen LogP contribution in [0.2, 0.25) is 5.15 Å². The molecule has 7 heteroatoms. The Kier molecular flexibility index (Phi) is 3.68. The van der Waals surface area contributed by atoms with Gasteiger partial charge in [-0.3, -0.25) is 0 Å². The fourth-order valence-corrected chi connectivity index (χ4v) is 3.51. The number of morpholine rings is 1. The number of nitrogens with one attached hydrogen (secondary N) is 1. The van der Waals surface area contributed by atoms with Crippen molar-refractivity contribution in [1.82, 2.24) is 14.5 Å². The predicted octanol–water partition coefficient (Wildman–Crippen LogP) is 2.93. The molecule has 0 amide bonds. The molecule has 0 unspecified atom stereocenters. The summed E-state index contributed by atoms with van der Waals surface area (Å²) < 4.78 is 7.26. The lowest BCUT2D eigenvalue weighted by Gasteiger charge is -2.29. The van der Waals surface area contributed by atoms with Crippen molar-refractivity contribution in [1.29, 1.82) is 5.26 Å². The average molecular weight is 342 g/mol. The van der Waals surface area contributed by atoms with Gasteiger partial charge in [0.2, 0.25) is 0 Å². The fraction of sp³-hybridized carbons (Fsp3) is 0.294. The highest BCUT2D eigenvalue weighted by atomic mass is 35.5. The number of halogens is 1. The minimum Gasteiger partial charge on any atom is -0.378 e. The number of nitrogens with zero attached hydrogens (tertiary/aromatic N) is 4. The molecule has 1 saturated heterocycles. The SMILES string of the molecule is Cn1cc(-c2c(Cl)[nH]c3nccc(N4CCOCC4)c23)cc1C#N. The molecule has 0 aliphatic carbocycles. The van der Waals surface area contributed by atoms with Crippen LogP contribution < -0.4 is 4.90 Å². The highest BCUT2D eigenvalue weighted by Gasteiger charge is 2.22. The molecular formula is C17H16ClN5O. The zero-order chi connectivity index (χ0) is 16.7. The molecule has 0 spiro atoms. The van der Waals surface area contributed by atoms with E-state index >= 15 is 0 Å². The third kappa shape index (κ3) is 2.33. The number of aryl methyl sites for hydroxylation is 1. The second-order valence-electron chi connectivity index (χ2n) is 5.80. The number of rotatable bonds is 2. The average Bonchev–Trinajstić information content (AvgIpc) is 3.13. The van der Waals surface area contributed by atoms with Gasteiger partial charge in [0, 0.05) is 43.7 Å². The molecule has 3 aromatic heterocycles. The maximum Gasteiger partial charge on any atom is 0.141 e. The molecule has 24 heavy (non-hydrogen) atoms. The molecule has 0 aromatic carbocycles. The normalized spacial score (nSPS) is 15.0. The van der Waals surface area contributed by atoms with Crippen LogP contribution in [0.25, 0.3) is 22.2 Å². The molecule has 4 heterocycles. The maximum atomic E-state index is 9.22. The number of fused-ring (bicyclic) bond motifs is 1. The molecule has 0 radical (unpaired) electrons. The summed E-state index contributed by atoms with van der Waals surface area (Å²) in [5.74, 6) is 0. The monoisotopic (exact) mass is 341 g/mol. The molecule has 1 fully saturated rings. The van der Waals surface area contributed by atoms with Crippen molar-refractivity contribution in [3.05, 3.63) is 35.4 Å². The Hall–Kier alpha value is -2.49. The first-order chi connectivity index (χ1) is 11.7. The van der Waals surface area contributed by atoms with E-state index in [0.717, 1.165) is 40.9 Å². The van der Waals surface area contributed by atoms with E-state index in [9.17, 15) is 5.26 Å². The number of ether oxygens (including phenoxy) is 1. The van der Waals surface area contributed by atoms with Gasteiger partial charge in [-0.2, -0.15) is 5.26 Å². The topological polar surface area (TPSA) is 69.9 Å². The van der Waals surface area contributed by atoms with Crippen LogP contribution in [0.5, 0.6) is 0 Å². The van der Waals surface area contributed by atoms with Crippen LogP contribution in [0.15, 0.2) is 24.5 Å². The van der Waals surface area contributed by atoms with Crippen LogP contribution in [0, 0.1) is 11.3 Å². The molecule has 1 aliphatic rings. The molecule has 122 valence electrons. The molecule has 6 nitrogen and oxygen atoms in total. The van der Waals surface area contributed by atoms with Crippen molar-refractivity contribution in [2.45, 2.75) is 0 Å². The molecule has 3 aromatic rings. The van der Waals surface area contributed by atoms with Gasteiger partial charge >= 0.3 is 0 Å². The van der Waals surface area contributed by atoms with Crippen molar-refractivity contribution in [2.24, 2.45) is 7.05 Å². The maximum absolute atomic E-state index is 9.22. The van der Waals surface area contributed by atoms with Crippen LogP contribution in [0.4, 0.5) is 5.69 Å². The number of nitriles is 1. The van der Waals surface area contributed by atoms with Gasteiger partial charge in [0.25, 0.3) is 0 Å². The van der Waals surface area contributed by atoms with E-state index in [0.29, 0.717) is 24.1 Å². The second-order valence-corrected chi connectivity index (χ2v) is 6.18. The summed E-state index contributed by atoms with van der Waals surface area (Å²) in [6.45, 7) is 3.08. The van der Waals surface area contributed by atoms with Gasteiger partial charge in [0.05, 0.1) is 24.3 Å². The number of aromatic amines is 1. The van der Waals surface area contributed by atoms with Crippen LogP contribution >= 0.6 is 11.6 Å². The summed E-state index contributed by atoms with van der Waals surface area (Å²) in [4.78, 5) is 9.87. The van der Waals surface area contributed by atoms with Crippen molar-refractivity contribution < 1.29 is 4.74 Å². The Labute approximate surface area is 144 Å². The summed E-state index contributed by atoms with van der Waals surface area (Å²) >= 11 is 6.49. The first kappa shape index (κ1) is 15.1. The molecule has 4 rings (SSSR count). The van der Waals surface area contributed by atoms with Crippen LogP contribution in [-0.4, -0.2) is 40.8 Å². The van der Waals surface area contributed by atoms with Crippen molar-refractivity contribution >= 4 is 28.3 Å². The Bertz CT molecular complexity index is 946. The van der Waals surface area contributed by atoms with Gasteiger partial charge in [0.15, 0.2) is 0 Å². The first-order valence-corrected chi connectivity index (χ1v) is 8.12. The van der Waals surface area contributed by atoms with E-state index in [1.807, 2.05) is 25.4 Å². The summed E-state index contributed by atoms with van der Waals surface area (Å²) in [6, 6.07) is 6.05. The van der Waals surface area contributed by atoms with Crippen molar-refractivity contribution in [2.75, 3.05) is 31.2 Å². The fourth-order valence-electron chi connectivity index (χ4n) is 3.22. The highest BCUT2D eigenvalue weighted by molar-refractivity contribution is 6.35. The van der Waals surface area contributed by atoms with E-state index in [1.54, 1.807) is 10.8 Å². The molecule has 1 N–H and O–H groups in total. The van der Waals surface area contributed by atoms with Gasteiger partial charge < -0.3 is 19.2 Å². The predicted molar refractivity (Wildman–Crippen MR) is 93.3 cm³/mol. The van der Waals surface area contributed by atoms with E-state index in [4.69, 9.17) is 16.3 Å². The smallest absolute Gasteiger partial charge is 0.141 e. The van der Waals surface area contributed by atoms with Gasteiger partial charge in [-0.25, -0.2) is 4.98 Å². The minimum atomic E-state index is 0.535. The molecule has 0 atom stereocenters. The molecule has 0 saturated carbocycles. The number of pyridine rings is 1. The van der Waals surface area contributed by atoms with E-state index in [-0.39, 0.29) is 0 Å². The van der Waals surface area contributed by atoms with Gasteiger partial charge in [-0.05, 0) is 12.1 Å². The van der Waals surface area contributed by atoms with Crippen LogP contribution in [-0.2, 0) is 11.8 Å². The summed E-state index contributed by atoms with van der Waals surface area (Å²) in [5, 5.41) is 10.7. The van der Waals surface area contributed by atoms with E-state index in [2.05, 4.69) is 20.9 Å². The Morgan fingerprint density at radius 1 is 1.38 bits per heavy atom. The van der Waals surface area contributed by atoms with Crippen molar-refractivity contribution in [3.8, 4) is 17.2 Å². The Morgan fingerprint density at radius 2 is 2.17 bits per heavy atom. The van der Waals surface area contributed by atoms with Gasteiger partial charge in [-0.1, -0.05) is 11.6 Å². The zero-order valence-electron chi connectivity index (χ0n) is 13.2. The third-order valence-corrected chi connectivity index (χ3v) is 4.67. The number of hydrogen-bond donors (Lipinski definition) is 1. The lowest BCUT2D eigenvalue weighted by Crippen LogP contribution is -2.36. The zero-order valence-corrected chi connectivity index (χ0v) is 14.0.